The summed E-state index contributed by atoms with van der Waals surface area (Å²) >= 11 is 0. The number of hydrogen-bond donors (Lipinski definition) is 3. The molecule has 0 saturated heterocycles. The topological polar surface area (TPSA) is 111 Å². The van der Waals surface area contributed by atoms with E-state index < -0.39 is 35.6 Å². The maximum Gasteiger partial charge on any atom is 0.408 e. The summed E-state index contributed by atoms with van der Waals surface area (Å²) in [6.07, 6.45) is 0.261. The fourth-order valence-electron chi connectivity index (χ4n) is 2.47. The van der Waals surface area contributed by atoms with Gasteiger partial charge in [-0.25, -0.2) is 4.79 Å². The second-order valence-corrected chi connectivity index (χ2v) is 7.66. The van der Waals surface area contributed by atoms with Crippen LogP contribution in [-0.2, 0) is 20.7 Å². The molecule has 0 bridgehead atoms. The second kappa shape index (κ2) is 9.94. The van der Waals surface area contributed by atoms with E-state index in [0.717, 1.165) is 5.56 Å². The first-order chi connectivity index (χ1) is 12.5. The molecule has 27 heavy (non-hydrogen) atoms. The van der Waals surface area contributed by atoms with Crippen molar-refractivity contribution in [2.75, 3.05) is 0 Å². The van der Waals surface area contributed by atoms with Gasteiger partial charge in [0.25, 0.3) is 0 Å². The minimum Gasteiger partial charge on any atom is -0.444 e. The molecule has 7 nitrogen and oxygen atoms in total. The number of hydrogen-bond acceptors (Lipinski definition) is 4. The maximum absolute atomic E-state index is 12.8. The van der Waals surface area contributed by atoms with Crippen molar-refractivity contribution < 1.29 is 19.1 Å². The Hall–Kier alpha value is -2.57. The Morgan fingerprint density at radius 3 is 2.19 bits per heavy atom. The van der Waals surface area contributed by atoms with Gasteiger partial charge < -0.3 is 21.1 Å². The van der Waals surface area contributed by atoms with Crippen LogP contribution in [0.1, 0.15) is 46.6 Å². The summed E-state index contributed by atoms with van der Waals surface area (Å²) in [6.45, 7) is 8.99. The molecule has 0 radical (unpaired) electrons. The van der Waals surface area contributed by atoms with Crippen LogP contribution in [0.5, 0.6) is 0 Å². The highest BCUT2D eigenvalue weighted by Crippen LogP contribution is 2.12. The SMILES string of the molecule is CCC(C)C(NC(=O)OC(C)(C)C)C(=O)NC(Cc1ccccc1)C(N)=O. The largest absolute Gasteiger partial charge is 0.444 e. The number of nitrogens with two attached hydrogens (primary N) is 1. The van der Waals surface area contributed by atoms with Crippen LogP contribution in [0.15, 0.2) is 30.3 Å². The Bertz CT molecular complexity index is 640. The number of ether oxygens (including phenoxy) is 1. The highest BCUT2D eigenvalue weighted by Gasteiger charge is 2.30. The number of benzene rings is 1. The lowest BCUT2D eigenvalue weighted by Crippen LogP contribution is -2.56. The van der Waals surface area contributed by atoms with Crippen molar-refractivity contribution in [1.82, 2.24) is 10.6 Å². The molecule has 1 rings (SSSR count). The fourth-order valence-corrected chi connectivity index (χ4v) is 2.47. The molecular formula is C20H31N3O4. The second-order valence-electron chi connectivity index (χ2n) is 7.66. The lowest BCUT2D eigenvalue weighted by Gasteiger charge is -2.27. The van der Waals surface area contributed by atoms with E-state index in [4.69, 9.17) is 10.5 Å². The summed E-state index contributed by atoms with van der Waals surface area (Å²) in [6, 6.07) is 7.57. The van der Waals surface area contributed by atoms with Crippen molar-refractivity contribution in [3.8, 4) is 0 Å². The number of carbonyl (C=O) groups excluding carboxylic acids is 3. The molecule has 0 heterocycles. The maximum atomic E-state index is 12.8. The lowest BCUT2D eigenvalue weighted by atomic mass is 9.97. The summed E-state index contributed by atoms with van der Waals surface area (Å²) in [4.78, 5) is 36.7. The zero-order valence-electron chi connectivity index (χ0n) is 16.7. The molecule has 3 unspecified atom stereocenters. The summed E-state index contributed by atoms with van der Waals surface area (Å²) in [5.74, 6) is -1.25. The molecule has 1 aromatic carbocycles. The van der Waals surface area contributed by atoms with Crippen LogP contribution < -0.4 is 16.4 Å². The van der Waals surface area contributed by atoms with E-state index >= 15 is 0 Å². The zero-order valence-corrected chi connectivity index (χ0v) is 16.7. The van der Waals surface area contributed by atoms with E-state index in [9.17, 15) is 14.4 Å². The third-order valence-electron chi connectivity index (χ3n) is 4.11. The van der Waals surface area contributed by atoms with Gasteiger partial charge in [-0.3, -0.25) is 9.59 Å². The number of carbonyl (C=O) groups is 3. The van der Waals surface area contributed by atoms with E-state index in [-0.39, 0.29) is 12.3 Å². The van der Waals surface area contributed by atoms with E-state index in [1.54, 1.807) is 20.8 Å². The monoisotopic (exact) mass is 377 g/mol. The molecule has 3 amide bonds. The predicted octanol–water partition coefficient (Wildman–Crippen LogP) is 2.14. The summed E-state index contributed by atoms with van der Waals surface area (Å²) < 4.78 is 5.24. The van der Waals surface area contributed by atoms with Gasteiger partial charge in [-0.2, -0.15) is 0 Å². The zero-order chi connectivity index (χ0) is 20.6. The molecule has 0 fully saturated rings. The minimum atomic E-state index is -0.869. The Morgan fingerprint density at radius 2 is 1.70 bits per heavy atom. The average molecular weight is 377 g/mol. The number of rotatable bonds is 8. The van der Waals surface area contributed by atoms with Gasteiger partial charge in [0.2, 0.25) is 11.8 Å². The van der Waals surface area contributed by atoms with Gasteiger partial charge in [-0.1, -0.05) is 50.6 Å². The normalized spacial score (nSPS) is 14.6. The van der Waals surface area contributed by atoms with Gasteiger partial charge in [0.15, 0.2) is 0 Å². The first-order valence-electron chi connectivity index (χ1n) is 9.16. The van der Waals surface area contributed by atoms with Crippen LogP contribution in [0.2, 0.25) is 0 Å². The summed E-state index contributed by atoms with van der Waals surface area (Å²) in [5.41, 5.74) is 5.66. The molecular weight excluding hydrogens is 346 g/mol. The van der Waals surface area contributed by atoms with Crippen LogP contribution in [-0.4, -0.2) is 35.6 Å². The molecule has 150 valence electrons. The number of alkyl carbamates (subject to hydrolysis) is 1. The van der Waals surface area contributed by atoms with Gasteiger partial charge in [-0.15, -0.1) is 0 Å². The average Bonchev–Trinajstić information content (AvgIpc) is 2.57. The van der Waals surface area contributed by atoms with E-state index in [1.165, 1.54) is 0 Å². The smallest absolute Gasteiger partial charge is 0.408 e. The molecule has 7 heteroatoms. The number of nitrogens with one attached hydrogen (secondary N) is 2. The Morgan fingerprint density at radius 1 is 1.11 bits per heavy atom. The van der Waals surface area contributed by atoms with Crippen molar-refractivity contribution in [3.63, 3.8) is 0 Å². The molecule has 0 aliphatic carbocycles. The van der Waals surface area contributed by atoms with Crippen molar-refractivity contribution in [2.24, 2.45) is 11.7 Å². The Kier molecular flexibility index (Phi) is 8.28. The summed E-state index contributed by atoms with van der Waals surface area (Å²) in [7, 11) is 0. The molecule has 0 aliphatic rings. The van der Waals surface area contributed by atoms with Gasteiger partial charge in [-0.05, 0) is 32.3 Å². The quantitative estimate of drug-likeness (QED) is 0.644. The van der Waals surface area contributed by atoms with Crippen molar-refractivity contribution in [2.45, 2.75) is 65.1 Å². The molecule has 0 saturated carbocycles. The van der Waals surface area contributed by atoms with Crippen LogP contribution in [0.4, 0.5) is 4.79 Å². The van der Waals surface area contributed by atoms with Crippen LogP contribution in [0, 0.1) is 5.92 Å². The number of primary amides is 1. The Labute approximate surface area is 161 Å². The molecule has 4 N–H and O–H groups in total. The number of amides is 3. The molecule has 0 aromatic heterocycles. The third-order valence-corrected chi connectivity index (χ3v) is 4.11. The van der Waals surface area contributed by atoms with Crippen molar-refractivity contribution >= 4 is 17.9 Å². The first-order valence-corrected chi connectivity index (χ1v) is 9.16. The predicted molar refractivity (Wildman–Crippen MR) is 104 cm³/mol. The molecule has 0 aliphatic heterocycles. The fraction of sp³-hybridized carbons (Fsp3) is 0.550. The minimum absolute atomic E-state index is 0.150. The van der Waals surface area contributed by atoms with E-state index in [1.807, 2.05) is 44.2 Å². The summed E-state index contributed by atoms with van der Waals surface area (Å²) in [5, 5.41) is 5.27. The van der Waals surface area contributed by atoms with Gasteiger partial charge in [0.1, 0.15) is 17.7 Å². The highest BCUT2D eigenvalue weighted by atomic mass is 16.6. The van der Waals surface area contributed by atoms with E-state index in [2.05, 4.69) is 10.6 Å². The van der Waals surface area contributed by atoms with E-state index in [0.29, 0.717) is 6.42 Å². The van der Waals surface area contributed by atoms with Gasteiger partial charge >= 0.3 is 6.09 Å². The molecule has 0 spiro atoms. The van der Waals surface area contributed by atoms with Crippen molar-refractivity contribution in [1.29, 1.82) is 0 Å². The van der Waals surface area contributed by atoms with Crippen LogP contribution >= 0.6 is 0 Å². The van der Waals surface area contributed by atoms with Gasteiger partial charge in [0.05, 0.1) is 0 Å². The van der Waals surface area contributed by atoms with Crippen LogP contribution in [0.3, 0.4) is 0 Å². The van der Waals surface area contributed by atoms with Crippen molar-refractivity contribution in [3.05, 3.63) is 35.9 Å². The standard InChI is InChI=1S/C20H31N3O4/c1-6-13(2)16(23-19(26)27-20(3,4)5)18(25)22-15(17(21)24)12-14-10-8-7-9-11-14/h7-11,13,15-16H,6,12H2,1-5H3,(H2,21,24)(H,22,25)(H,23,26). The Balaban J connectivity index is 2.86. The molecule has 3 atom stereocenters. The van der Waals surface area contributed by atoms with Crippen LogP contribution in [0.25, 0.3) is 0 Å². The van der Waals surface area contributed by atoms with Gasteiger partial charge in [0, 0.05) is 6.42 Å². The molecule has 1 aromatic rings. The highest BCUT2D eigenvalue weighted by molar-refractivity contribution is 5.91. The first kappa shape index (κ1) is 22.5. The third kappa shape index (κ3) is 8.11. The lowest BCUT2D eigenvalue weighted by molar-refractivity contribution is -0.129.